The van der Waals surface area contributed by atoms with Crippen LogP contribution >= 0.6 is 0 Å². The molecule has 0 bridgehead atoms. The van der Waals surface area contributed by atoms with Crippen LogP contribution < -0.4 is 14.2 Å². The molecule has 0 aliphatic carbocycles. The molecule has 0 saturated carbocycles. The Labute approximate surface area is 144 Å². The van der Waals surface area contributed by atoms with Gasteiger partial charge in [-0.15, -0.1) is 0 Å². The summed E-state index contributed by atoms with van der Waals surface area (Å²) < 4.78 is 15.2. The molecule has 2 rings (SSSR count). The summed E-state index contributed by atoms with van der Waals surface area (Å²) in [6.45, 7) is 0. The minimum absolute atomic E-state index is 0.0838. The van der Waals surface area contributed by atoms with Gasteiger partial charge in [-0.05, 0) is 36.4 Å². The molecule has 130 valence electrons. The highest BCUT2D eigenvalue weighted by Gasteiger charge is 2.18. The molecule has 0 amide bonds. The van der Waals surface area contributed by atoms with Crippen molar-refractivity contribution >= 4 is 17.5 Å². The van der Waals surface area contributed by atoms with Gasteiger partial charge in [-0.25, -0.2) is 0 Å². The molecule has 2 aromatic rings. The molecular weight excluding hydrogens is 326 g/mol. The van der Waals surface area contributed by atoms with Crippen LogP contribution in [-0.2, 0) is 0 Å². The zero-order chi connectivity index (χ0) is 18.4. The zero-order valence-electron chi connectivity index (χ0n) is 14.0. The van der Waals surface area contributed by atoms with Gasteiger partial charge in [0.2, 0.25) is 5.75 Å². The fraction of sp³-hybridized carbons (Fsp3) is 0.167. The van der Waals surface area contributed by atoms with Crippen LogP contribution in [0.5, 0.6) is 17.2 Å². The molecule has 0 heterocycles. The maximum absolute atomic E-state index is 12.2. The van der Waals surface area contributed by atoms with Gasteiger partial charge in [-0.3, -0.25) is 14.9 Å². The Morgan fingerprint density at radius 1 is 1.00 bits per heavy atom. The first kappa shape index (κ1) is 18.0. The van der Waals surface area contributed by atoms with Crippen LogP contribution in [0.15, 0.2) is 42.5 Å². The Bertz CT molecular complexity index is 811. The van der Waals surface area contributed by atoms with Gasteiger partial charge in [0.15, 0.2) is 5.78 Å². The summed E-state index contributed by atoms with van der Waals surface area (Å²) >= 11 is 0. The molecular formula is C18H17NO6. The van der Waals surface area contributed by atoms with Crippen molar-refractivity contribution in [2.24, 2.45) is 0 Å². The Balaban J connectivity index is 2.33. The Kier molecular flexibility index (Phi) is 5.73. The number of nitro benzene ring substituents is 1. The van der Waals surface area contributed by atoms with Crippen molar-refractivity contribution in [3.8, 4) is 17.2 Å². The molecule has 0 saturated heterocycles. The van der Waals surface area contributed by atoms with Crippen LogP contribution in [0.3, 0.4) is 0 Å². The van der Waals surface area contributed by atoms with Gasteiger partial charge in [0.1, 0.15) is 11.5 Å². The first-order valence-corrected chi connectivity index (χ1v) is 7.27. The zero-order valence-corrected chi connectivity index (χ0v) is 14.0. The number of carbonyl (C=O) groups excluding carboxylic acids is 1. The molecule has 0 fully saturated rings. The lowest BCUT2D eigenvalue weighted by Gasteiger charge is -2.08. The Morgan fingerprint density at radius 2 is 1.64 bits per heavy atom. The Hall–Kier alpha value is -3.35. The predicted octanol–water partition coefficient (Wildman–Crippen LogP) is 3.52. The Morgan fingerprint density at radius 3 is 2.16 bits per heavy atom. The standard InChI is InChI=1S/C18H17NO6/c1-23-14-7-4-12(5-8-14)16(20)9-6-13-10-15(19(21)22)18(25-3)11-17(13)24-2/h4-11H,1-3H3/b9-6+. The van der Waals surface area contributed by atoms with E-state index in [9.17, 15) is 14.9 Å². The van der Waals surface area contributed by atoms with Gasteiger partial charge in [0.25, 0.3) is 0 Å². The van der Waals surface area contributed by atoms with E-state index in [1.165, 1.54) is 38.5 Å². The quantitative estimate of drug-likeness (QED) is 0.331. The van der Waals surface area contributed by atoms with Gasteiger partial charge in [0.05, 0.1) is 26.3 Å². The maximum atomic E-state index is 12.2. The molecule has 0 N–H and O–H groups in total. The fourth-order valence-electron chi connectivity index (χ4n) is 2.20. The molecule has 2 aromatic carbocycles. The van der Waals surface area contributed by atoms with Gasteiger partial charge in [-0.2, -0.15) is 0 Å². The summed E-state index contributed by atoms with van der Waals surface area (Å²) in [5, 5.41) is 11.1. The van der Waals surface area contributed by atoms with E-state index in [0.717, 1.165) is 0 Å². The van der Waals surface area contributed by atoms with Crippen molar-refractivity contribution in [3.63, 3.8) is 0 Å². The number of carbonyl (C=O) groups is 1. The van der Waals surface area contributed by atoms with Crippen LogP contribution in [-0.4, -0.2) is 32.0 Å². The molecule has 0 radical (unpaired) electrons. The van der Waals surface area contributed by atoms with Gasteiger partial charge in [-0.1, -0.05) is 0 Å². The first-order valence-electron chi connectivity index (χ1n) is 7.27. The van der Waals surface area contributed by atoms with Crippen LogP contribution in [0, 0.1) is 10.1 Å². The topological polar surface area (TPSA) is 87.9 Å². The van der Waals surface area contributed by atoms with Crippen molar-refractivity contribution in [1.82, 2.24) is 0 Å². The summed E-state index contributed by atoms with van der Waals surface area (Å²) in [6, 6.07) is 9.35. The molecule has 0 atom stereocenters. The van der Waals surface area contributed by atoms with Crippen LogP contribution in [0.2, 0.25) is 0 Å². The number of rotatable bonds is 7. The van der Waals surface area contributed by atoms with E-state index in [0.29, 0.717) is 22.6 Å². The largest absolute Gasteiger partial charge is 0.497 e. The first-order chi connectivity index (χ1) is 12.0. The SMILES string of the molecule is COc1ccc(C(=O)/C=C/c2cc([N+](=O)[O-])c(OC)cc2OC)cc1. The van der Waals surface area contributed by atoms with E-state index in [-0.39, 0.29) is 17.2 Å². The summed E-state index contributed by atoms with van der Waals surface area (Å²) in [5.41, 5.74) is 0.663. The highest BCUT2D eigenvalue weighted by atomic mass is 16.6. The van der Waals surface area contributed by atoms with Crippen molar-refractivity contribution in [2.45, 2.75) is 0 Å². The summed E-state index contributed by atoms with van der Waals surface area (Å²) in [5.74, 6) is 0.845. The number of ether oxygens (including phenoxy) is 3. The molecule has 7 nitrogen and oxygen atoms in total. The third-order valence-corrected chi connectivity index (χ3v) is 3.52. The molecule has 0 aromatic heterocycles. The summed E-state index contributed by atoms with van der Waals surface area (Å²) in [7, 11) is 4.31. The number of nitro groups is 1. The second-order valence-electron chi connectivity index (χ2n) is 4.95. The smallest absolute Gasteiger partial charge is 0.311 e. The van der Waals surface area contributed by atoms with Crippen molar-refractivity contribution in [2.75, 3.05) is 21.3 Å². The van der Waals surface area contributed by atoms with Gasteiger partial charge in [0, 0.05) is 23.3 Å². The number of nitrogens with zero attached hydrogens (tertiary/aromatic N) is 1. The van der Waals surface area contributed by atoms with E-state index in [2.05, 4.69) is 0 Å². The van der Waals surface area contributed by atoms with Crippen LogP contribution in [0.1, 0.15) is 15.9 Å². The minimum Gasteiger partial charge on any atom is -0.497 e. The normalized spacial score (nSPS) is 10.5. The van der Waals surface area contributed by atoms with E-state index >= 15 is 0 Å². The average molecular weight is 343 g/mol. The molecule has 0 spiro atoms. The number of benzene rings is 2. The highest BCUT2D eigenvalue weighted by molar-refractivity contribution is 6.07. The third-order valence-electron chi connectivity index (χ3n) is 3.52. The lowest BCUT2D eigenvalue weighted by atomic mass is 10.1. The number of methoxy groups -OCH3 is 3. The monoisotopic (exact) mass is 343 g/mol. The van der Waals surface area contributed by atoms with Crippen LogP contribution in [0.25, 0.3) is 6.08 Å². The molecule has 0 unspecified atom stereocenters. The molecule has 0 aliphatic heterocycles. The minimum atomic E-state index is -0.555. The van der Waals surface area contributed by atoms with E-state index in [1.807, 2.05) is 0 Å². The highest BCUT2D eigenvalue weighted by Crippen LogP contribution is 2.35. The summed E-state index contributed by atoms with van der Waals surface area (Å²) in [6.07, 6.45) is 2.80. The van der Waals surface area contributed by atoms with Crippen molar-refractivity contribution in [1.29, 1.82) is 0 Å². The average Bonchev–Trinajstić information content (AvgIpc) is 2.65. The van der Waals surface area contributed by atoms with Crippen molar-refractivity contribution in [3.05, 3.63) is 63.7 Å². The third kappa shape index (κ3) is 4.14. The predicted molar refractivity (Wildman–Crippen MR) is 92.6 cm³/mol. The van der Waals surface area contributed by atoms with Gasteiger partial charge >= 0.3 is 5.69 Å². The number of hydrogen-bond acceptors (Lipinski definition) is 6. The lowest BCUT2D eigenvalue weighted by Crippen LogP contribution is -1.98. The number of hydrogen-bond donors (Lipinski definition) is 0. The van der Waals surface area contributed by atoms with E-state index < -0.39 is 4.92 Å². The lowest BCUT2D eigenvalue weighted by molar-refractivity contribution is -0.385. The molecule has 25 heavy (non-hydrogen) atoms. The second-order valence-corrected chi connectivity index (χ2v) is 4.95. The fourth-order valence-corrected chi connectivity index (χ4v) is 2.20. The van der Waals surface area contributed by atoms with Gasteiger partial charge < -0.3 is 14.2 Å². The van der Waals surface area contributed by atoms with Crippen molar-refractivity contribution < 1.29 is 23.9 Å². The van der Waals surface area contributed by atoms with E-state index in [4.69, 9.17) is 14.2 Å². The summed E-state index contributed by atoms with van der Waals surface area (Å²) in [4.78, 5) is 22.8. The van der Waals surface area contributed by atoms with Crippen LogP contribution in [0.4, 0.5) is 5.69 Å². The van der Waals surface area contributed by atoms with E-state index in [1.54, 1.807) is 31.4 Å². The number of ketones is 1. The maximum Gasteiger partial charge on any atom is 0.311 e. The second kappa shape index (κ2) is 7.96. The molecule has 7 heteroatoms. The number of allylic oxidation sites excluding steroid dienone is 1. The molecule has 0 aliphatic rings.